The molecule has 2 aromatic heterocycles. The van der Waals surface area contributed by atoms with Gasteiger partial charge in [0, 0.05) is 6.20 Å². The minimum atomic E-state index is -3.28. The predicted molar refractivity (Wildman–Crippen MR) is 132 cm³/mol. The van der Waals surface area contributed by atoms with Gasteiger partial charge in [0.2, 0.25) is 5.91 Å². The minimum Gasteiger partial charge on any atom is -0.282 e. The number of carbonyl (C=O) groups excluding carboxylic acids is 1. The van der Waals surface area contributed by atoms with Gasteiger partial charge in [0.05, 0.1) is 39.5 Å². The van der Waals surface area contributed by atoms with Crippen molar-refractivity contribution < 1.29 is 13.2 Å². The number of hydrogen-bond acceptors (Lipinski definition) is 6. The summed E-state index contributed by atoms with van der Waals surface area (Å²) in [5, 5.41) is 0.625. The van der Waals surface area contributed by atoms with Crippen LogP contribution in [0.25, 0.3) is 10.2 Å². The second-order valence-corrected chi connectivity index (χ2v) is 11.2. The molecule has 6 nitrogen and oxygen atoms in total. The lowest BCUT2D eigenvalue weighted by atomic mass is 10.1. The fraction of sp³-hybridized carbons (Fsp3) is 0.240. The first-order valence-electron chi connectivity index (χ1n) is 10.7. The Hall–Kier alpha value is -3.10. The number of rotatable bonds is 7. The Morgan fingerprint density at radius 1 is 1.03 bits per heavy atom. The van der Waals surface area contributed by atoms with Gasteiger partial charge in [-0.15, -0.1) is 0 Å². The second kappa shape index (κ2) is 9.41. The van der Waals surface area contributed by atoms with Crippen molar-refractivity contribution >= 4 is 42.4 Å². The molecule has 2 heterocycles. The number of amides is 1. The molecule has 33 heavy (non-hydrogen) atoms. The molecule has 0 aliphatic rings. The quantitative estimate of drug-likeness (QED) is 0.377. The topological polar surface area (TPSA) is 80.2 Å². The summed E-state index contributed by atoms with van der Waals surface area (Å²) in [5.41, 5.74) is 4.68. The molecule has 4 rings (SSSR count). The third-order valence-electron chi connectivity index (χ3n) is 5.67. The number of hydrogen-bond donors (Lipinski definition) is 0. The van der Waals surface area contributed by atoms with Gasteiger partial charge >= 0.3 is 0 Å². The third-order valence-corrected chi connectivity index (χ3v) is 8.46. The average molecular weight is 480 g/mol. The molecule has 0 radical (unpaired) electrons. The molecule has 0 saturated carbocycles. The molecule has 0 N–H and O–H groups in total. The summed E-state index contributed by atoms with van der Waals surface area (Å²) >= 11 is 1.48. The van der Waals surface area contributed by atoms with Gasteiger partial charge in [-0.2, -0.15) is 0 Å². The molecule has 4 aromatic rings. The fourth-order valence-electron chi connectivity index (χ4n) is 3.50. The zero-order chi connectivity index (χ0) is 23.6. The molecule has 0 atom stereocenters. The number of pyridine rings is 1. The van der Waals surface area contributed by atoms with E-state index in [-0.39, 0.29) is 23.0 Å². The summed E-state index contributed by atoms with van der Waals surface area (Å²) in [5.74, 6) is -0.0835. The first-order chi connectivity index (χ1) is 15.8. The normalized spacial score (nSPS) is 11.6. The number of fused-ring (bicyclic) bond motifs is 1. The van der Waals surface area contributed by atoms with Gasteiger partial charge in [-0.05, 0) is 60.9 Å². The maximum atomic E-state index is 13.4. The molecular formula is C25H25N3O3S2. The monoisotopic (exact) mass is 479 g/mol. The number of benzene rings is 2. The number of carbonyl (C=O) groups is 1. The van der Waals surface area contributed by atoms with Crippen molar-refractivity contribution in [3.63, 3.8) is 0 Å². The number of anilines is 1. The highest BCUT2D eigenvalue weighted by molar-refractivity contribution is 7.91. The van der Waals surface area contributed by atoms with Gasteiger partial charge in [-0.3, -0.25) is 14.7 Å². The van der Waals surface area contributed by atoms with E-state index >= 15 is 0 Å². The standard InChI is InChI=1S/C25H25N3O3S2/c1-4-33(30,31)21-11-9-19(10-12-21)15-23(29)28(16-20-7-5-6-14-26-20)25-27-24-18(3)17(2)8-13-22(24)32-25/h5-14H,4,15-16H2,1-3H3. The number of aryl methyl sites for hydroxylation is 2. The van der Waals surface area contributed by atoms with Crippen LogP contribution in [0.4, 0.5) is 5.13 Å². The molecule has 0 aliphatic heterocycles. The summed E-state index contributed by atoms with van der Waals surface area (Å²) in [6.45, 7) is 6.01. The van der Waals surface area contributed by atoms with Crippen LogP contribution in [0, 0.1) is 13.8 Å². The molecule has 2 aromatic carbocycles. The average Bonchev–Trinajstić information content (AvgIpc) is 3.25. The SMILES string of the molecule is CCS(=O)(=O)c1ccc(CC(=O)N(Cc2ccccn2)c2nc3c(C)c(C)ccc3s2)cc1. The van der Waals surface area contributed by atoms with Crippen molar-refractivity contribution in [3.8, 4) is 0 Å². The van der Waals surface area contributed by atoms with Crippen LogP contribution >= 0.6 is 11.3 Å². The number of thiazole rings is 1. The highest BCUT2D eigenvalue weighted by Crippen LogP contribution is 2.33. The van der Waals surface area contributed by atoms with Gasteiger partial charge < -0.3 is 0 Å². The summed E-state index contributed by atoms with van der Waals surface area (Å²) in [6, 6.07) is 16.2. The smallest absolute Gasteiger partial charge is 0.233 e. The fourth-order valence-corrected chi connectivity index (χ4v) is 5.42. The zero-order valence-electron chi connectivity index (χ0n) is 18.8. The van der Waals surface area contributed by atoms with E-state index < -0.39 is 9.84 Å². The molecule has 170 valence electrons. The lowest BCUT2D eigenvalue weighted by Crippen LogP contribution is -2.32. The van der Waals surface area contributed by atoms with Gasteiger partial charge in [0.25, 0.3) is 0 Å². The molecule has 1 amide bonds. The van der Waals surface area contributed by atoms with Crippen LogP contribution in [0.5, 0.6) is 0 Å². The molecule has 0 spiro atoms. The molecule has 0 bridgehead atoms. The molecule has 0 saturated heterocycles. The number of nitrogens with zero attached hydrogens (tertiary/aromatic N) is 3. The van der Waals surface area contributed by atoms with Crippen LogP contribution in [0.15, 0.2) is 65.7 Å². The summed E-state index contributed by atoms with van der Waals surface area (Å²) < 4.78 is 25.2. The van der Waals surface area contributed by atoms with Crippen LogP contribution < -0.4 is 4.90 Å². The zero-order valence-corrected chi connectivity index (χ0v) is 20.4. The lowest BCUT2D eigenvalue weighted by Gasteiger charge is -2.19. The Morgan fingerprint density at radius 3 is 2.45 bits per heavy atom. The molecule has 0 unspecified atom stereocenters. The Kier molecular flexibility index (Phi) is 6.58. The van der Waals surface area contributed by atoms with E-state index in [1.807, 2.05) is 38.1 Å². The molecule has 8 heteroatoms. The van der Waals surface area contributed by atoms with Crippen molar-refractivity contribution in [2.45, 2.75) is 38.6 Å². The summed E-state index contributed by atoms with van der Waals surface area (Å²) in [6.07, 6.45) is 1.84. The van der Waals surface area contributed by atoms with E-state index in [0.717, 1.165) is 32.6 Å². The second-order valence-electron chi connectivity index (χ2n) is 7.88. The van der Waals surface area contributed by atoms with Crippen LogP contribution in [0.1, 0.15) is 29.3 Å². The van der Waals surface area contributed by atoms with Crippen molar-refractivity contribution in [2.75, 3.05) is 10.7 Å². The van der Waals surface area contributed by atoms with E-state index in [1.165, 1.54) is 11.3 Å². The predicted octanol–water partition coefficient (Wildman–Crippen LogP) is 4.88. The van der Waals surface area contributed by atoms with E-state index in [9.17, 15) is 13.2 Å². The Bertz CT molecular complexity index is 1400. The molecular weight excluding hydrogens is 454 g/mol. The van der Waals surface area contributed by atoms with Crippen molar-refractivity contribution in [2.24, 2.45) is 0 Å². The summed E-state index contributed by atoms with van der Waals surface area (Å²) in [4.78, 5) is 24.6. The van der Waals surface area contributed by atoms with Gasteiger partial charge in [0.1, 0.15) is 0 Å². The van der Waals surface area contributed by atoms with Gasteiger partial charge in [-0.25, -0.2) is 13.4 Å². The van der Waals surface area contributed by atoms with E-state index in [1.54, 1.807) is 42.3 Å². The molecule has 0 aliphatic carbocycles. The van der Waals surface area contributed by atoms with Crippen molar-refractivity contribution in [1.82, 2.24) is 9.97 Å². The number of sulfone groups is 1. The first kappa shape index (κ1) is 23.1. The van der Waals surface area contributed by atoms with Crippen molar-refractivity contribution in [1.29, 1.82) is 0 Å². The highest BCUT2D eigenvalue weighted by Gasteiger charge is 2.22. The first-order valence-corrected chi connectivity index (χ1v) is 13.1. The maximum Gasteiger partial charge on any atom is 0.233 e. The Labute approximate surface area is 197 Å². The Balaban J connectivity index is 1.66. The number of aromatic nitrogens is 2. The largest absolute Gasteiger partial charge is 0.282 e. The lowest BCUT2D eigenvalue weighted by molar-refractivity contribution is -0.118. The van der Waals surface area contributed by atoms with Crippen LogP contribution in [0.2, 0.25) is 0 Å². The van der Waals surface area contributed by atoms with E-state index in [0.29, 0.717) is 11.7 Å². The maximum absolute atomic E-state index is 13.4. The molecule has 0 fully saturated rings. The van der Waals surface area contributed by atoms with Crippen LogP contribution in [-0.2, 0) is 27.6 Å². The van der Waals surface area contributed by atoms with Crippen molar-refractivity contribution in [3.05, 3.63) is 83.2 Å². The third kappa shape index (κ3) is 4.96. The van der Waals surface area contributed by atoms with Crippen LogP contribution in [0.3, 0.4) is 0 Å². The minimum absolute atomic E-state index is 0.0413. The van der Waals surface area contributed by atoms with Gasteiger partial charge in [0.15, 0.2) is 15.0 Å². The highest BCUT2D eigenvalue weighted by atomic mass is 32.2. The van der Waals surface area contributed by atoms with Crippen LogP contribution in [-0.4, -0.2) is 30.0 Å². The van der Waals surface area contributed by atoms with Gasteiger partial charge in [-0.1, -0.05) is 42.5 Å². The van der Waals surface area contributed by atoms with E-state index in [2.05, 4.69) is 11.1 Å². The van der Waals surface area contributed by atoms with E-state index in [4.69, 9.17) is 4.98 Å². The summed E-state index contributed by atoms with van der Waals surface area (Å²) in [7, 11) is -3.28. The Morgan fingerprint density at radius 2 is 1.79 bits per heavy atom.